The Hall–Kier alpha value is -1.89. The second-order valence-electron chi connectivity index (χ2n) is 6.74. The Kier molecular flexibility index (Phi) is 6.29. The summed E-state index contributed by atoms with van der Waals surface area (Å²) in [5.74, 6) is -1.39. The molecule has 2 aromatic carbocycles. The van der Waals surface area contributed by atoms with Gasteiger partial charge in [-0.2, -0.15) is 0 Å². The van der Waals surface area contributed by atoms with Crippen LogP contribution in [-0.4, -0.2) is 47.2 Å². The number of benzene rings is 2. The summed E-state index contributed by atoms with van der Waals surface area (Å²) in [4.78, 5) is 4.28. The SMILES string of the molecule is OCC[C@@H]1CN(Cc2cc(F)cc(F)c2)CCN1Cc1ccccc1F. The Morgan fingerprint density at radius 2 is 1.69 bits per heavy atom. The van der Waals surface area contributed by atoms with Crippen LogP contribution in [0.25, 0.3) is 0 Å². The molecule has 140 valence electrons. The topological polar surface area (TPSA) is 26.7 Å². The molecule has 3 rings (SSSR count). The van der Waals surface area contributed by atoms with Crippen molar-refractivity contribution in [1.29, 1.82) is 0 Å². The van der Waals surface area contributed by atoms with Crippen LogP contribution in [0.5, 0.6) is 0 Å². The maximum Gasteiger partial charge on any atom is 0.127 e. The molecule has 1 saturated heterocycles. The van der Waals surface area contributed by atoms with E-state index in [1.165, 1.54) is 18.2 Å². The summed E-state index contributed by atoms with van der Waals surface area (Å²) >= 11 is 0. The summed E-state index contributed by atoms with van der Waals surface area (Å²) < 4.78 is 40.7. The molecule has 1 atom stereocenters. The lowest BCUT2D eigenvalue weighted by molar-refractivity contribution is 0.0492. The van der Waals surface area contributed by atoms with Crippen LogP contribution < -0.4 is 0 Å². The Bertz CT molecular complexity index is 720. The van der Waals surface area contributed by atoms with E-state index in [2.05, 4.69) is 9.80 Å². The monoisotopic (exact) mass is 364 g/mol. The van der Waals surface area contributed by atoms with Crippen molar-refractivity contribution < 1.29 is 18.3 Å². The molecule has 0 aliphatic carbocycles. The van der Waals surface area contributed by atoms with Crippen molar-refractivity contribution in [2.45, 2.75) is 25.6 Å². The Labute approximate surface area is 151 Å². The van der Waals surface area contributed by atoms with Gasteiger partial charge in [0.2, 0.25) is 0 Å². The zero-order valence-electron chi connectivity index (χ0n) is 14.5. The molecule has 0 bridgehead atoms. The van der Waals surface area contributed by atoms with Gasteiger partial charge in [0.15, 0.2) is 0 Å². The third-order valence-electron chi connectivity index (χ3n) is 4.81. The van der Waals surface area contributed by atoms with Crippen molar-refractivity contribution in [3.05, 3.63) is 71.0 Å². The van der Waals surface area contributed by atoms with Crippen LogP contribution in [0, 0.1) is 17.5 Å². The number of aliphatic hydroxyl groups excluding tert-OH is 1. The predicted octanol–water partition coefficient (Wildman–Crippen LogP) is 3.17. The van der Waals surface area contributed by atoms with E-state index >= 15 is 0 Å². The van der Waals surface area contributed by atoms with E-state index in [0.29, 0.717) is 50.3 Å². The molecule has 0 unspecified atom stereocenters. The van der Waals surface area contributed by atoms with Gasteiger partial charge in [0.1, 0.15) is 17.5 Å². The van der Waals surface area contributed by atoms with E-state index in [-0.39, 0.29) is 18.5 Å². The molecule has 6 heteroatoms. The minimum absolute atomic E-state index is 0.0425. The fourth-order valence-electron chi connectivity index (χ4n) is 3.54. The van der Waals surface area contributed by atoms with Crippen LogP contribution in [0.15, 0.2) is 42.5 Å². The predicted molar refractivity (Wildman–Crippen MR) is 93.9 cm³/mol. The van der Waals surface area contributed by atoms with E-state index in [0.717, 1.165) is 6.07 Å². The summed E-state index contributed by atoms with van der Waals surface area (Å²) in [6, 6.07) is 10.3. The second-order valence-corrected chi connectivity index (χ2v) is 6.74. The van der Waals surface area contributed by atoms with Gasteiger partial charge < -0.3 is 5.11 Å². The maximum absolute atomic E-state index is 13.9. The highest BCUT2D eigenvalue weighted by molar-refractivity contribution is 5.19. The highest BCUT2D eigenvalue weighted by Crippen LogP contribution is 2.20. The molecule has 1 N–H and O–H groups in total. The van der Waals surface area contributed by atoms with Gasteiger partial charge in [-0.1, -0.05) is 18.2 Å². The third-order valence-corrected chi connectivity index (χ3v) is 4.81. The van der Waals surface area contributed by atoms with E-state index in [1.807, 2.05) is 6.07 Å². The molecule has 0 saturated carbocycles. The molecular weight excluding hydrogens is 341 g/mol. The van der Waals surface area contributed by atoms with Crippen molar-refractivity contribution in [3.8, 4) is 0 Å². The number of halogens is 3. The zero-order valence-corrected chi connectivity index (χ0v) is 14.5. The smallest absolute Gasteiger partial charge is 0.127 e. The lowest BCUT2D eigenvalue weighted by Crippen LogP contribution is -2.52. The zero-order chi connectivity index (χ0) is 18.5. The van der Waals surface area contributed by atoms with Crippen LogP contribution in [0.4, 0.5) is 13.2 Å². The average molecular weight is 364 g/mol. The highest BCUT2D eigenvalue weighted by atomic mass is 19.1. The minimum Gasteiger partial charge on any atom is -0.396 e. The first-order valence-electron chi connectivity index (χ1n) is 8.81. The quantitative estimate of drug-likeness (QED) is 0.853. The fraction of sp³-hybridized carbons (Fsp3) is 0.400. The first-order chi connectivity index (χ1) is 12.5. The number of hydrogen-bond acceptors (Lipinski definition) is 3. The Morgan fingerprint density at radius 3 is 2.38 bits per heavy atom. The van der Waals surface area contributed by atoms with Crippen molar-refractivity contribution in [2.75, 3.05) is 26.2 Å². The lowest BCUT2D eigenvalue weighted by Gasteiger charge is -2.41. The van der Waals surface area contributed by atoms with Crippen molar-refractivity contribution in [2.24, 2.45) is 0 Å². The molecule has 0 radical (unpaired) electrons. The molecule has 0 spiro atoms. The summed E-state index contributed by atoms with van der Waals surface area (Å²) in [6.07, 6.45) is 0.572. The molecular formula is C20H23F3N2O. The van der Waals surface area contributed by atoms with E-state index in [1.54, 1.807) is 12.1 Å². The van der Waals surface area contributed by atoms with Crippen LogP contribution in [0.3, 0.4) is 0 Å². The van der Waals surface area contributed by atoms with E-state index in [9.17, 15) is 18.3 Å². The number of rotatable bonds is 6. The standard InChI is InChI=1S/C20H23F3N2O/c21-17-9-15(10-18(22)11-17)12-24-6-7-25(19(14-24)5-8-26)13-16-3-1-2-4-20(16)23/h1-4,9-11,19,26H,5-8,12-14H2/t19-/m1/s1. The Balaban J connectivity index is 1.66. The third kappa shape index (κ3) is 4.84. The average Bonchev–Trinajstić information content (AvgIpc) is 2.58. The molecule has 1 fully saturated rings. The van der Waals surface area contributed by atoms with Gasteiger partial charge in [-0.3, -0.25) is 9.80 Å². The lowest BCUT2D eigenvalue weighted by atomic mass is 10.1. The summed E-state index contributed by atoms with van der Waals surface area (Å²) in [6.45, 7) is 3.06. The number of piperazine rings is 1. The van der Waals surface area contributed by atoms with Crippen molar-refractivity contribution >= 4 is 0 Å². The van der Waals surface area contributed by atoms with Crippen LogP contribution in [0.2, 0.25) is 0 Å². The summed E-state index contributed by atoms with van der Waals surface area (Å²) in [5.41, 5.74) is 1.23. The Morgan fingerprint density at radius 1 is 0.962 bits per heavy atom. The van der Waals surface area contributed by atoms with Gasteiger partial charge in [0, 0.05) is 57.0 Å². The normalized spacial score (nSPS) is 19.0. The number of nitrogens with zero attached hydrogens (tertiary/aromatic N) is 2. The van der Waals surface area contributed by atoms with Gasteiger partial charge >= 0.3 is 0 Å². The maximum atomic E-state index is 13.9. The molecule has 1 heterocycles. The van der Waals surface area contributed by atoms with Gasteiger partial charge in [0.05, 0.1) is 0 Å². The molecule has 1 aliphatic rings. The minimum atomic E-state index is -0.579. The van der Waals surface area contributed by atoms with Gasteiger partial charge in [-0.25, -0.2) is 13.2 Å². The highest BCUT2D eigenvalue weighted by Gasteiger charge is 2.27. The van der Waals surface area contributed by atoms with Crippen molar-refractivity contribution in [3.63, 3.8) is 0 Å². The van der Waals surface area contributed by atoms with Crippen LogP contribution in [-0.2, 0) is 13.1 Å². The van der Waals surface area contributed by atoms with Crippen LogP contribution in [0.1, 0.15) is 17.5 Å². The van der Waals surface area contributed by atoms with Gasteiger partial charge in [-0.05, 0) is 30.2 Å². The largest absolute Gasteiger partial charge is 0.396 e. The van der Waals surface area contributed by atoms with Gasteiger partial charge in [-0.15, -0.1) is 0 Å². The first kappa shape index (κ1) is 18.9. The van der Waals surface area contributed by atoms with Crippen molar-refractivity contribution in [1.82, 2.24) is 9.80 Å². The summed E-state index contributed by atoms with van der Waals surface area (Å²) in [7, 11) is 0. The van der Waals surface area contributed by atoms with Gasteiger partial charge in [0.25, 0.3) is 0 Å². The molecule has 0 amide bonds. The molecule has 2 aromatic rings. The van der Waals surface area contributed by atoms with E-state index < -0.39 is 11.6 Å². The molecule has 0 aromatic heterocycles. The summed E-state index contributed by atoms with van der Waals surface area (Å²) in [5, 5.41) is 9.39. The fourth-order valence-corrected chi connectivity index (χ4v) is 3.54. The van der Waals surface area contributed by atoms with Crippen LogP contribution >= 0.6 is 0 Å². The number of hydrogen-bond donors (Lipinski definition) is 1. The van der Waals surface area contributed by atoms with E-state index in [4.69, 9.17) is 0 Å². The molecule has 3 nitrogen and oxygen atoms in total. The number of aliphatic hydroxyl groups is 1. The first-order valence-corrected chi connectivity index (χ1v) is 8.81. The molecule has 1 aliphatic heterocycles. The molecule has 26 heavy (non-hydrogen) atoms. The second kappa shape index (κ2) is 8.66.